The smallest absolute Gasteiger partial charge is 0.298 e. The van der Waals surface area contributed by atoms with Crippen LogP contribution in [0.15, 0.2) is 0 Å². The fourth-order valence-electron chi connectivity index (χ4n) is 3.44. The van der Waals surface area contributed by atoms with Crippen LogP contribution in [-0.2, 0) is 0 Å². The molecule has 0 aromatic rings. The summed E-state index contributed by atoms with van der Waals surface area (Å²) in [6, 6.07) is 0.373. The van der Waals surface area contributed by atoms with E-state index in [1.165, 1.54) is 12.8 Å². The van der Waals surface area contributed by atoms with Crippen molar-refractivity contribution in [2.24, 2.45) is 0 Å². The monoisotopic (exact) mass is 248 g/mol. The average molecular weight is 248 g/mol. The lowest BCUT2D eigenvalue weighted by Crippen LogP contribution is -2.61. The average Bonchev–Trinajstić information content (AvgIpc) is 3.09. The highest BCUT2D eigenvalue weighted by Crippen LogP contribution is 2.54. The first kappa shape index (κ1) is 11.8. The first-order chi connectivity index (χ1) is 8.03. The van der Waals surface area contributed by atoms with Gasteiger partial charge in [0.25, 0.3) is 0 Å². The van der Waals surface area contributed by atoms with Crippen LogP contribution in [0.4, 0.5) is 13.2 Å². The van der Waals surface area contributed by atoms with Gasteiger partial charge in [-0.1, -0.05) is 6.42 Å². The molecule has 0 amide bonds. The van der Waals surface area contributed by atoms with Crippen LogP contribution >= 0.6 is 0 Å². The maximum absolute atomic E-state index is 13.0. The van der Waals surface area contributed by atoms with Crippen LogP contribution in [-0.4, -0.2) is 53.7 Å². The van der Waals surface area contributed by atoms with Crippen molar-refractivity contribution in [1.82, 2.24) is 9.80 Å². The summed E-state index contributed by atoms with van der Waals surface area (Å²) in [5.41, 5.74) is -1.45. The number of alkyl halides is 3. The lowest BCUT2D eigenvalue weighted by molar-refractivity contribution is -0.203. The predicted octanol–water partition coefficient (Wildman–Crippen LogP) is 2.25. The molecule has 3 aliphatic rings. The minimum atomic E-state index is -4.04. The highest BCUT2D eigenvalue weighted by Gasteiger charge is 2.67. The lowest BCUT2D eigenvalue weighted by atomic mass is 9.98. The Morgan fingerprint density at radius 1 is 1.00 bits per heavy atom. The minimum Gasteiger partial charge on any atom is -0.298 e. The van der Waals surface area contributed by atoms with Crippen LogP contribution in [0.3, 0.4) is 0 Å². The molecule has 1 saturated carbocycles. The van der Waals surface area contributed by atoms with Gasteiger partial charge >= 0.3 is 6.18 Å². The van der Waals surface area contributed by atoms with Crippen LogP contribution in [0, 0.1) is 0 Å². The van der Waals surface area contributed by atoms with Gasteiger partial charge in [-0.2, -0.15) is 13.2 Å². The van der Waals surface area contributed by atoms with E-state index in [0.29, 0.717) is 32.0 Å². The SMILES string of the molecule is FC(F)(F)C1(N2CCN3CCCCC3C2)CC1. The second kappa shape index (κ2) is 3.85. The van der Waals surface area contributed by atoms with Crippen LogP contribution in [0.5, 0.6) is 0 Å². The van der Waals surface area contributed by atoms with Gasteiger partial charge in [0.2, 0.25) is 0 Å². The van der Waals surface area contributed by atoms with Crippen molar-refractivity contribution < 1.29 is 13.2 Å². The third-order valence-electron chi connectivity index (χ3n) is 4.69. The summed E-state index contributed by atoms with van der Waals surface area (Å²) in [6.45, 7) is 3.12. The van der Waals surface area contributed by atoms with E-state index in [1.54, 1.807) is 4.90 Å². The Morgan fingerprint density at radius 3 is 2.41 bits per heavy atom. The van der Waals surface area contributed by atoms with Crippen molar-refractivity contribution in [2.75, 3.05) is 26.2 Å². The molecule has 2 heterocycles. The third-order valence-corrected chi connectivity index (χ3v) is 4.69. The van der Waals surface area contributed by atoms with Gasteiger partial charge in [0.05, 0.1) is 0 Å². The van der Waals surface area contributed by atoms with Gasteiger partial charge in [0.15, 0.2) is 0 Å². The topological polar surface area (TPSA) is 6.48 Å². The van der Waals surface area contributed by atoms with Crippen LogP contribution in [0.2, 0.25) is 0 Å². The molecular weight excluding hydrogens is 229 g/mol. The Morgan fingerprint density at radius 2 is 1.76 bits per heavy atom. The Bertz CT molecular complexity index is 299. The van der Waals surface area contributed by atoms with Gasteiger partial charge in [0, 0.05) is 25.7 Å². The molecule has 0 spiro atoms. The Hall–Kier alpha value is -0.290. The fraction of sp³-hybridized carbons (Fsp3) is 1.00. The fourth-order valence-corrected chi connectivity index (χ4v) is 3.44. The molecule has 1 atom stereocenters. The largest absolute Gasteiger partial charge is 0.406 e. The highest BCUT2D eigenvalue weighted by molar-refractivity contribution is 5.11. The summed E-state index contributed by atoms with van der Waals surface area (Å²) in [7, 11) is 0. The van der Waals surface area contributed by atoms with E-state index in [9.17, 15) is 13.2 Å². The minimum absolute atomic E-state index is 0.309. The van der Waals surface area contributed by atoms with E-state index in [2.05, 4.69) is 4.90 Å². The molecule has 2 aliphatic heterocycles. The molecule has 98 valence electrons. The van der Waals surface area contributed by atoms with Gasteiger partial charge in [0.1, 0.15) is 5.54 Å². The maximum Gasteiger partial charge on any atom is 0.406 e. The first-order valence-electron chi connectivity index (χ1n) is 6.59. The van der Waals surface area contributed by atoms with Crippen molar-refractivity contribution in [3.05, 3.63) is 0 Å². The number of rotatable bonds is 1. The molecule has 2 nitrogen and oxygen atoms in total. The number of piperazine rings is 1. The van der Waals surface area contributed by atoms with Crippen LogP contribution < -0.4 is 0 Å². The van der Waals surface area contributed by atoms with Crippen molar-refractivity contribution in [2.45, 2.75) is 49.9 Å². The van der Waals surface area contributed by atoms with Gasteiger partial charge in [-0.3, -0.25) is 9.80 Å². The standard InChI is InChI=1S/C12H19F3N2/c13-12(14,15)11(4-5-11)17-8-7-16-6-2-1-3-10(16)9-17/h10H,1-9H2. The van der Waals surface area contributed by atoms with Gasteiger partial charge in [-0.15, -0.1) is 0 Å². The van der Waals surface area contributed by atoms with Crippen molar-refractivity contribution in [3.8, 4) is 0 Å². The molecule has 1 unspecified atom stereocenters. The molecule has 0 bridgehead atoms. The number of hydrogen-bond donors (Lipinski definition) is 0. The second-order valence-corrected chi connectivity index (χ2v) is 5.66. The maximum atomic E-state index is 13.0. The Labute approximate surface area is 99.8 Å². The first-order valence-corrected chi connectivity index (χ1v) is 6.59. The number of hydrogen-bond acceptors (Lipinski definition) is 2. The molecule has 3 rings (SSSR count). The van der Waals surface area contributed by atoms with Crippen molar-refractivity contribution >= 4 is 0 Å². The molecule has 0 aromatic heterocycles. The van der Waals surface area contributed by atoms with E-state index >= 15 is 0 Å². The molecule has 0 radical (unpaired) electrons. The summed E-state index contributed by atoms with van der Waals surface area (Å²) in [5.74, 6) is 0. The third kappa shape index (κ3) is 1.87. The molecule has 1 aliphatic carbocycles. The Kier molecular flexibility index (Phi) is 2.67. The van der Waals surface area contributed by atoms with Crippen LogP contribution in [0.25, 0.3) is 0 Å². The zero-order chi connectivity index (χ0) is 12.1. The summed E-state index contributed by atoms with van der Waals surface area (Å²) in [4.78, 5) is 4.10. The van der Waals surface area contributed by atoms with Crippen LogP contribution in [0.1, 0.15) is 32.1 Å². The molecule has 5 heteroatoms. The second-order valence-electron chi connectivity index (χ2n) is 5.66. The molecular formula is C12H19F3N2. The molecule has 0 aromatic carbocycles. The molecule has 2 saturated heterocycles. The summed E-state index contributed by atoms with van der Waals surface area (Å²) >= 11 is 0. The van der Waals surface area contributed by atoms with E-state index in [4.69, 9.17) is 0 Å². The van der Waals surface area contributed by atoms with E-state index < -0.39 is 11.7 Å². The number of halogens is 3. The number of fused-ring (bicyclic) bond motifs is 1. The zero-order valence-corrected chi connectivity index (χ0v) is 9.97. The Balaban J connectivity index is 1.70. The zero-order valence-electron chi connectivity index (χ0n) is 9.97. The summed E-state index contributed by atoms with van der Waals surface area (Å²) in [5, 5.41) is 0. The van der Waals surface area contributed by atoms with Gasteiger partial charge < -0.3 is 0 Å². The molecule has 17 heavy (non-hydrogen) atoms. The van der Waals surface area contributed by atoms with Crippen molar-refractivity contribution in [1.29, 1.82) is 0 Å². The summed E-state index contributed by atoms with van der Waals surface area (Å²) < 4.78 is 39.1. The van der Waals surface area contributed by atoms with Gasteiger partial charge in [-0.25, -0.2) is 0 Å². The van der Waals surface area contributed by atoms with Gasteiger partial charge in [-0.05, 0) is 32.2 Å². The lowest BCUT2D eigenvalue weighted by Gasteiger charge is -2.47. The summed E-state index contributed by atoms with van der Waals surface area (Å²) in [6.07, 6.45) is 0.0374. The van der Waals surface area contributed by atoms with Crippen molar-refractivity contribution in [3.63, 3.8) is 0 Å². The quantitative estimate of drug-likeness (QED) is 0.702. The normalized spacial score (nSPS) is 34.4. The highest BCUT2D eigenvalue weighted by atomic mass is 19.4. The van der Waals surface area contributed by atoms with E-state index in [0.717, 1.165) is 19.5 Å². The van der Waals surface area contributed by atoms with E-state index in [-0.39, 0.29) is 0 Å². The molecule has 0 N–H and O–H groups in total. The predicted molar refractivity (Wildman–Crippen MR) is 58.8 cm³/mol. The number of piperidine rings is 1. The molecule has 3 fully saturated rings. The van der Waals surface area contributed by atoms with E-state index in [1.807, 2.05) is 0 Å². The number of nitrogens with zero attached hydrogens (tertiary/aromatic N) is 2.